The van der Waals surface area contributed by atoms with Crippen LogP contribution in [0.2, 0.25) is 10.0 Å². The summed E-state index contributed by atoms with van der Waals surface area (Å²) >= 11 is 12.6. The summed E-state index contributed by atoms with van der Waals surface area (Å²) in [6, 6.07) is 12.2. The lowest BCUT2D eigenvalue weighted by molar-refractivity contribution is 0.748. The van der Waals surface area contributed by atoms with Crippen LogP contribution in [0.4, 0.5) is 0 Å². The van der Waals surface area contributed by atoms with Crippen molar-refractivity contribution in [3.63, 3.8) is 0 Å². The average Bonchev–Trinajstić information content (AvgIpc) is 2.86. The minimum absolute atomic E-state index is 0.646. The third kappa shape index (κ3) is 3.40. The van der Waals surface area contributed by atoms with Gasteiger partial charge in [-0.05, 0) is 62.1 Å². The van der Waals surface area contributed by atoms with Gasteiger partial charge in [0.2, 0.25) is 0 Å². The Morgan fingerprint density at radius 1 is 1.09 bits per heavy atom. The fourth-order valence-electron chi connectivity index (χ4n) is 3.06. The van der Waals surface area contributed by atoms with Gasteiger partial charge in [0.1, 0.15) is 0 Å². The van der Waals surface area contributed by atoms with Crippen molar-refractivity contribution in [3.8, 4) is 11.3 Å². The van der Waals surface area contributed by atoms with E-state index in [0.29, 0.717) is 16.6 Å². The number of fused-ring (bicyclic) bond motifs is 1. The first-order valence-corrected chi connectivity index (χ1v) is 8.62. The van der Waals surface area contributed by atoms with Crippen LogP contribution < -0.4 is 5.73 Å². The van der Waals surface area contributed by atoms with Gasteiger partial charge in [0.15, 0.2) is 0 Å². The second-order valence-electron chi connectivity index (χ2n) is 5.90. The zero-order valence-electron chi connectivity index (χ0n) is 13.1. The molecule has 23 heavy (non-hydrogen) atoms. The molecule has 2 nitrogen and oxygen atoms in total. The molecule has 1 aromatic heterocycles. The molecule has 0 aliphatic heterocycles. The standard InChI is InChI=1S/C19H20Cl2N2/c1-12-5-4-6-13(9-12)19-15(7-2-3-8-22)18-16(21)10-14(20)11-17(18)23-19/h4-6,9-11,23H,2-3,7-8,22H2,1H3. The number of nitrogens with two attached hydrogens (primary N) is 1. The number of benzene rings is 2. The van der Waals surface area contributed by atoms with Gasteiger partial charge in [0, 0.05) is 21.6 Å². The molecule has 0 saturated carbocycles. The summed E-state index contributed by atoms with van der Waals surface area (Å²) in [5.41, 5.74) is 11.4. The Bertz CT molecular complexity index is 837. The van der Waals surface area contributed by atoms with E-state index in [1.54, 1.807) is 0 Å². The van der Waals surface area contributed by atoms with E-state index >= 15 is 0 Å². The minimum Gasteiger partial charge on any atom is -0.354 e. The van der Waals surface area contributed by atoms with E-state index in [1.807, 2.05) is 12.1 Å². The van der Waals surface area contributed by atoms with Crippen LogP contribution in [-0.4, -0.2) is 11.5 Å². The molecule has 4 heteroatoms. The smallest absolute Gasteiger partial charge is 0.0517 e. The van der Waals surface area contributed by atoms with Crippen molar-refractivity contribution in [2.75, 3.05) is 6.54 Å². The number of hydrogen-bond acceptors (Lipinski definition) is 1. The Labute approximate surface area is 146 Å². The minimum atomic E-state index is 0.646. The highest BCUT2D eigenvalue weighted by atomic mass is 35.5. The van der Waals surface area contributed by atoms with E-state index in [2.05, 4.69) is 36.2 Å². The highest BCUT2D eigenvalue weighted by Crippen LogP contribution is 2.37. The number of H-pyrrole nitrogens is 1. The van der Waals surface area contributed by atoms with Crippen molar-refractivity contribution in [2.24, 2.45) is 5.73 Å². The van der Waals surface area contributed by atoms with Gasteiger partial charge in [-0.1, -0.05) is 47.0 Å². The molecule has 0 spiro atoms. The number of aromatic amines is 1. The highest BCUT2D eigenvalue weighted by molar-refractivity contribution is 6.39. The number of aryl methyl sites for hydroxylation is 2. The summed E-state index contributed by atoms with van der Waals surface area (Å²) in [6.07, 6.45) is 2.99. The van der Waals surface area contributed by atoms with Crippen molar-refractivity contribution in [1.82, 2.24) is 4.98 Å². The molecule has 0 aliphatic rings. The maximum absolute atomic E-state index is 6.48. The number of halogens is 2. The van der Waals surface area contributed by atoms with Gasteiger partial charge in [0.05, 0.1) is 5.02 Å². The van der Waals surface area contributed by atoms with Crippen molar-refractivity contribution < 1.29 is 0 Å². The Kier molecular flexibility index (Phi) is 4.96. The molecule has 0 saturated heterocycles. The monoisotopic (exact) mass is 346 g/mol. The normalized spacial score (nSPS) is 11.3. The van der Waals surface area contributed by atoms with Crippen molar-refractivity contribution in [1.29, 1.82) is 0 Å². The van der Waals surface area contributed by atoms with Crippen LogP contribution in [0.3, 0.4) is 0 Å². The van der Waals surface area contributed by atoms with Gasteiger partial charge >= 0.3 is 0 Å². The SMILES string of the molecule is Cc1cccc(-c2[nH]c3cc(Cl)cc(Cl)c3c2CCCCN)c1. The maximum atomic E-state index is 6.48. The third-order valence-electron chi connectivity index (χ3n) is 4.11. The van der Waals surface area contributed by atoms with Crippen LogP contribution >= 0.6 is 23.2 Å². The van der Waals surface area contributed by atoms with Crippen molar-refractivity contribution >= 4 is 34.1 Å². The van der Waals surface area contributed by atoms with E-state index in [0.717, 1.165) is 35.9 Å². The molecule has 0 fully saturated rings. The molecule has 0 atom stereocenters. The number of rotatable bonds is 5. The largest absolute Gasteiger partial charge is 0.354 e. The Balaban J connectivity index is 2.19. The first-order valence-electron chi connectivity index (χ1n) is 7.87. The fourth-order valence-corrected chi connectivity index (χ4v) is 3.66. The predicted molar refractivity (Wildman–Crippen MR) is 100 cm³/mol. The van der Waals surface area contributed by atoms with Gasteiger partial charge in [-0.2, -0.15) is 0 Å². The molecule has 2 aromatic carbocycles. The first-order chi connectivity index (χ1) is 11.1. The predicted octanol–water partition coefficient (Wildman–Crippen LogP) is 5.73. The zero-order valence-corrected chi connectivity index (χ0v) is 14.6. The lowest BCUT2D eigenvalue weighted by Gasteiger charge is -2.07. The Hall–Kier alpha value is -1.48. The number of hydrogen-bond donors (Lipinski definition) is 2. The maximum Gasteiger partial charge on any atom is 0.0517 e. The van der Waals surface area contributed by atoms with Crippen LogP contribution in [-0.2, 0) is 6.42 Å². The first kappa shape index (κ1) is 16.4. The van der Waals surface area contributed by atoms with Crippen LogP contribution in [0.25, 0.3) is 22.2 Å². The Morgan fingerprint density at radius 2 is 1.91 bits per heavy atom. The zero-order chi connectivity index (χ0) is 16.4. The van der Waals surface area contributed by atoms with Gasteiger partial charge in [-0.15, -0.1) is 0 Å². The molecular weight excluding hydrogens is 327 g/mol. The van der Waals surface area contributed by atoms with Gasteiger partial charge < -0.3 is 10.7 Å². The molecule has 3 N–H and O–H groups in total. The summed E-state index contributed by atoms with van der Waals surface area (Å²) in [7, 11) is 0. The molecule has 0 bridgehead atoms. The molecule has 0 radical (unpaired) electrons. The molecule has 3 rings (SSSR count). The summed E-state index contributed by atoms with van der Waals surface area (Å²) < 4.78 is 0. The van der Waals surface area contributed by atoms with E-state index in [9.17, 15) is 0 Å². The summed E-state index contributed by atoms with van der Waals surface area (Å²) in [4.78, 5) is 3.52. The molecule has 120 valence electrons. The van der Waals surface area contributed by atoms with Crippen LogP contribution in [0.5, 0.6) is 0 Å². The summed E-state index contributed by atoms with van der Waals surface area (Å²) in [5.74, 6) is 0. The van der Waals surface area contributed by atoms with Crippen LogP contribution in [0.15, 0.2) is 36.4 Å². The van der Waals surface area contributed by atoms with Crippen molar-refractivity contribution in [3.05, 3.63) is 57.6 Å². The summed E-state index contributed by atoms with van der Waals surface area (Å²) in [5, 5.41) is 2.42. The van der Waals surface area contributed by atoms with E-state index in [-0.39, 0.29) is 0 Å². The Morgan fingerprint density at radius 3 is 2.65 bits per heavy atom. The molecule has 0 amide bonds. The van der Waals surface area contributed by atoms with E-state index in [1.165, 1.54) is 16.7 Å². The van der Waals surface area contributed by atoms with Gasteiger partial charge in [-0.3, -0.25) is 0 Å². The molecule has 0 aliphatic carbocycles. The number of unbranched alkanes of at least 4 members (excludes halogenated alkanes) is 1. The lowest BCUT2D eigenvalue weighted by Crippen LogP contribution is -1.99. The van der Waals surface area contributed by atoms with E-state index < -0.39 is 0 Å². The topological polar surface area (TPSA) is 41.8 Å². The molecular formula is C19H20Cl2N2. The molecule has 0 unspecified atom stereocenters. The summed E-state index contributed by atoms with van der Waals surface area (Å²) in [6.45, 7) is 2.81. The number of aromatic nitrogens is 1. The fraction of sp³-hybridized carbons (Fsp3) is 0.263. The van der Waals surface area contributed by atoms with Crippen LogP contribution in [0, 0.1) is 6.92 Å². The van der Waals surface area contributed by atoms with Gasteiger partial charge in [0.25, 0.3) is 0 Å². The second kappa shape index (κ2) is 6.96. The second-order valence-corrected chi connectivity index (χ2v) is 6.75. The highest BCUT2D eigenvalue weighted by Gasteiger charge is 2.16. The average molecular weight is 347 g/mol. The lowest BCUT2D eigenvalue weighted by atomic mass is 9.99. The quantitative estimate of drug-likeness (QED) is 0.569. The van der Waals surface area contributed by atoms with Gasteiger partial charge in [-0.25, -0.2) is 0 Å². The third-order valence-corrected chi connectivity index (χ3v) is 4.62. The van der Waals surface area contributed by atoms with Crippen LogP contribution in [0.1, 0.15) is 24.0 Å². The number of nitrogens with one attached hydrogen (secondary N) is 1. The molecule has 3 aromatic rings. The van der Waals surface area contributed by atoms with Crippen molar-refractivity contribution in [2.45, 2.75) is 26.2 Å². The molecule has 1 heterocycles. The van der Waals surface area contributed by atoms with E-state index in [4.69, 9.17) is 28.9 Å².